The summed E-state index contributed by atoms with van der Waals surface area (Å²) in [6, 6.07) is 13.9. The number of nitrogens with zero attached hydrogens (tertiary/aromatic N) is 1. The number of carbonyl (C=O) groups is 1. The van der Waals surface area contributed by atoms with E-state index in [4.69, 9.17) is 4.74 Å². The van der Waals surface area contributed by atoms with Gasteiger partial charge in [-0.25, -0.2) is 4.39 Å². The van der Waals surface area contributed by atoms with Crippen molar-refractivity contribution < 1.29 is 13.9 Å². The average molecular weight is 370 g/mol. The molecule has 2 aromatic rings. The topological polar surface area (TPSA) is 41.6 Å². The van der Waals surface area contributed by atoms with Crippen LogP contribution < -0.4 is 5.32 Å². The highest BCUT2D eigenvalue weighted by molar-refractivity contribution is 5.94. The molecule has 0 saturated carbocycles. The molecule has 2 aromatic carbocycles. The van der Waals surface area contributed by atoms with Gasteiger partial charge in [-0.2, -0.15) is 0 Å². The second-order valence-corrected chi connectivity index (χ2v) is 7.33. The number of morpholine rings is 1. The van der Waals surface area contributed by atoms with Crippen LogP contribution in [0.4, 0.5) is 4.39 Å². The number of amides is 1. The molecule has 0 aliphatic carbocycles. The maximum atomic E-state index is 13.2. The third kappa shape index (κ3) is 5.37. The average Bonchev–Trinajstić information content (AvgIpc) is 2.68. The van der Waals surface area contributed by atoms with Crippen molar-refractivity contribution in [1.29, 1.82) is 0 Å². The predicted octanol–water partition coefficient (Wildman–Crippen LogP) is 3.79. The molecule has 0 unspecified atom stereocenters. The van der Waals surface area contributed by atoms with Crippen LogP contribution in [0.2, 0.25) is 0 Å². The molecule has 1 aliphatic rings. The first-order valence-electron chi connectivity index (χ1n) is 9.48. The molecular formula is C22H27FN2O2. The first-order chi connectivity index (χ1) is 13.0. The van der Waals surface area contributed by atoms with Crippen LogP contribution in [0.3, 0.4) is 0 Å². The minimum Gasteiger partial charge on any atom is -0.379 e. The Morgan fingerprint density at radius 1 is 1.07 bits per heavy atom. The highest BCUT2D eigenvalue weighted by atomic mass is 19.1. The molecule has 144 valence electrons. The molecule has 1 aliphatic heterocycles. The number of rotatable bonds is 6. The van der Waals surface area contributed by atoms with Gasteiger partial charge in [0.15, 0.2) is 0 Å². The summed E-state index contributed by atoms with van der Waals surface area (Å²) in [5.74, 6) is -0.195. The SMILES string of the molecule is CC(C)[C@H](NC(=O)c1ccc(CN2CCOCC2)cc1)c1ccc(F)cc1. The van der Waals surface area contributed by atoms with Crippen LogP contribution in [0.1, 0.15) is 41.4 Å². The Morgan fingerprint density at radius 2 is 1.70 bits per heavy atom. The lowest BCUT2D eigenvalue weighted by molar-refractivity contribution is 0.0342. The zero-order chi connectivity index (χ0) is 19.2. The predicted molar refractivity (Wildman–Crippen MR) is 104 cm³/mol. The molecule has 27 heavy (non-hydrogen) atoms. The Balaban J connectivity index is 1.64. The normalized spacial score (nSPS) is 16.3. The molecule has 0 bridgehead atoms. The number of halogens is 1. The summed E-state index contributed by atoms with van der Waals surface area (Å²) in [5.41, 5.74) is 2.73. The van der Waals surface area contributed by atoms with Gasteiger partial charge in [0, 0.05) is 25.2 Å². The minimum absolute atomic E-state index is 0.115. The zero-order valence-electron chi connectivity index (χ0n) is 16.0. The van der Waals surface area contributed by atoms with E-state index in [2.05, 4.69) is 10.2 Å². The summed E-state index contributed by atoms with van der Waals surface area (Å²) >= 11 is 0. The Labute approximate surface area is 160 Å². The van der Waals surface area contributed by atoms with Crippen molar-refractivity contribution in [3.05, 3.63) is 71.0 Å². The van der Waals surface area contributed by atoms with Crippen LogP contribution in [-0.4, -0.2) is 37.1 Å². The lowest BCUT2D eigenvalue weighted by Gasteiger charge is -2.26. The van der Waals surface area contributed by atoms with Crippen molar-refractivity contribution in [2.75, 3.05) is 26.3 Å². The van der Waals surface area contributed by atoms with E-state index in [0.29, 0.717) is 5.56 Å². The molecule has 4 nitrogen and oxygen atoms in total. The quantitative estimate of drug-likeness (QED) is 0.841. The summed E-state index contributed by atoms with van der Waals surface area (Å²) in [6.45, 7) is 8.39. The van der Waals surface area contributed by atoms with E-state index in [1.807, 2.05) is 38.1 Å². The smallest absolute Gasteiger partial charge is 0.251 e. The van der Waals surface area contributed by atoms with E-state index < -0.39 is 0 Å². The molecule has 3 rings (SSSR count). The number of benzene rings is 2. The van der Waals surface area contributed by atoms with E-state index in [1.165, 1.54) is 17.7 Å². The van der Waals surface area contributed by atoms with Gasteiger partial charge in [-0.05, 0) is 41.3 Å². The van der Waals surface area contributed by atoms with Gasteiger partial charge in [0.1, 0.15) is 5.82 Å². The van der Waals surface area contributed by atoms with Gasteiger partial charge in [0.25, 0.3) is 5.91 Å². The van der Waals surface area contributed by atoms with Crippen LogP contribution in [0.5, 0.6) is 0 Å². The lowest BCUT2D eigenvalue weighted by Crippen LogP contribution is -2.35. The fourth-order valence-electron chi connectivity index (χ4n) is 3.31. The van der Waals surface area contributed by atoms with Gasteiger partial charge in [0.2, 0.25) is 0 Å². The van der Waals surface area contributed by atoms with E-state index in [0.717, 1.165) is 38.4 Å². The van der Waals surface area contributed by atoms with Crippen molar-refractivity contribution in [3.63, 3.8) is 0 Å². The zero-order valence-corrected chi connectivity index (χ0v) is 16.0. The van der Waals surface area contributed by atoms with Crippen LogP contribution in [0.15, 0.2) is 48.5 Å². The van der Waals surface area contributed by atoms with Gasteiger partial charge < -0.3 is 10.1 Å². The molecule has 1 amide bonds. The van der Waals surface area contributed by atoms with Crippen molar-refractivity contribution in [2.24, 2.45) is 5.92 Å². The van der Waals surface area contributed by atoms with Crippen molar-refractivity contribution in [1.82, 2.24) is 10.2 Å². The van der Waals surface area contributed by atoms with Gasteiger partial charge in [-0.1, -0.05) is 38.1 Å². The molecule has 1 heterocycles. The minimum atomic E-state index is -0.275. The van der Waals surface area contributed by atoms with Crippen LogP contribution >= 0.6 is 0 Å². The third-order valence-corrected chi connectivity index (χ3v) is 4.91. The van der Waals surface area contributed by atoms with Gasteiger partial charge in [-0.3, -0.25) is 9.69 Å². The first-order valence-corrected chi connectivity index (χ1v) is 9.48. The van der Waals surface area contributed by atoms with Crippen molar-refractivity contribution in [2.45, 2.75) is 26.4 Å². The van der Waals surface area contributed by atoms with Crippen LogP contribution in [0.25, 0.3) is 0 Å². The van der Waals surface area contributed by atoms with Gasteiger partial charge in [0.05, 0.1) is 19.3 Å². The fourth-order valence-corrected chi connectivity index (χ4v) is 3.31. The number of hydrogen-bond acceptors (Lipinski definition) is 3. The highest BCUT2D eigenvalue weighted by Crippen LogP contribution is 2.22. The maximum absolute atomic E-state index is 13.2. The molecule has 5 heteroatoms. The summed E-state index contributed by atoms with van der Waals surface area (Å²) in [4.78, 5) is 15.0. The Kier molecular flexibility index (Phi) is 6.58. The fraction of sp³-hybridized carbons (Fsp3) is 0.409. The molecule has 1 saturated heterocycles. The summed E-state index contributed by atoms with van der Waals surface area (Å²) in [7, 11) is 0. The summed E-state index contributed by atoms with van der Waals surface area (Å²) < 4.78 is 18.6. The van der Waals surface area contributed by atoms with Crippen molar-refractivity contribution >= 4 is 5.91 Å². The number of hydrogen-bond donors (Lipinski definition) is 1. The molecule has 0 spiro atoms. The van der Waals surface area contributed by atoms with E-state index in [9.17, 15) is 9.18 Å². The largest absolute Gasteiger partial charge is 0.379 e. The molecule has 1 fully saturated rings. The van der Waals surface area contributed by atoms with E-state index in [-0.39, 0.29) is 23.7 Å². The first kappa shape index (κ1) is 19.5. The molecule has 0 aromatic heterocycles. The third-order valence-electron chi connectivity index (χ3n) is 4.91. The van der Waals surface area contributed by atoms with E-state index in [1.54, 1.807) is 12.1 Å². The monoisotopic (exact) mass is 370 g/mol. The molecule has 1 N–H and O–H groups in total. The lowest BCUT2D eigenvalue weighted by atomic mass is 9.95. The standard InChI is InChI=1S/C22H27FN2O2/c1-16(2)21(18-7-9-20(23)10-8-18)24-22(26)19-5-3-17(4-6-19)15-25-11-13-27-14-12-25/h3-10,16,21H,11-15H2,1-2H3,(H,24,26)/t21-/m0/s1. The number of nitrogens with one attached hydrogen (secondary N) is 1. The van der Waals surface area contributed by atoms with Gasteiger partial charge in [-0.15, -0.1) is 0 Å². The highest BCUT2D eigenvalue weighted by Gasteiger charge is 2.19. The maximum Gasteiger partial charge on any atom is 0.251 e. The second-order valence-electron chi connectivity index (χ2n) is 7.33. The number of carbonyl (C=O) groups excluding carboxylic acids is 1. The summed E-state index contributed by atoms with van der Waals surface area (Å²) in [6.07, 6.45) is 0. The molecule has 1 atom stereocenters. The van der Waals surface area contributed by atoms with Crippen LogP contribution in [-0.2, 0) is 11.3 Å². The van der Waals surface area contributed by atoms with Gasteiger partial charge >= 0.3 is 0 Å². The number of ether oxygens (including phenoxy) is 1. The molecule has 0 radical (unpaired) electrons. The molecular weight excluding hydrogens is 343 g/mol. The van der Waals surface area contributed by atoms with E-state index >= 15 is 0 Å². The Morgan fingerprint density at radius 3 is 2.30 bits per heavy atom. The second kappa shape index (κ2) is 9.11. The van der Waals surface area contributed by atoms with Crippen LogP contribution in [0, 0.1) is 11.7 Å². The Bertz CT molecular complexity index is 738. The summed E-state index contributed by atoms with van der Waals surface area (Å²) in [5, 5.41) is 3.08. The Hall–Kier alpha value is -2.24. The van der Waals surface area contributed by atoms with Crippen molar-refractivity contribution in [3.8, 4) is 0 Å².